The molecule has 1 amide bonds. The fourth-order valence-electron chi connectivity index (χ4n) is 1.98. The Morgan fingerprint density at radius 3 is 2.95 bits per heavy atom. The number of carbonyl (C=O) groups is 1. The number of anilines is 2. The smallest absolute Gasteiger partial charge is 0.247 e. The van der Waals surface area contributed by atoms with Crippen molar-refractivity contribution in [2.75, 3.05) is 11.1 Å². The van der Waals surface area contributed by atoms with Gasteiger partial charge in [-0.2, -0.15) is 0 Å². The number of halogens is 1. The van der Waals surface area contributed by atoms with Crippen molar-refractivity contribution in [2.45, 2.75) is 26.3 Å². The summed E-state index contributed by atoms with van der Waals surface area (Å²) < 4.78 is 1.85. The minimum atomic E-state index is -0.359. The molecule has 0 spiro atoms. The monoisotopic (exact) mass is 292 g/mol. The molecule has 1 aromatic heterocycles. The fourth-order valence-corrected chi connectivity index (χ4v) is 2.16. The van der Waals surface area contributed by atoms with E-state index in [0.29, 0.717) is 16.4 Å². The number of nitrogens with two attached hydrogens (primary N) is 1. The molecular formula is C14H17ClN4O. The molecule has 0 bridgehead atoms. The molecule has 20 heavy (non-hydrogen) atoms. The fraction of sp³-hybridized carbons (Fsp3) is 0.286. The molecule has 5 nitrogen and oxygen atoms in total. The highest BCUT2D eigenvalue weighted by Gasteiger charge is 2.17. The van der Waals surface area contributed by atoms with Gasteiger partial charge in [-0.3, -0.25) is 4.79 Å². The van der Waals surface area contributed by atoms with Gasteiger partial charge in [-0.25, -0.2) is 4.98 Å². The maximum Gasteiger partial charge on any atom is 0.247 e. The number of rotatable bonds is 4. The second-order valence-corrected chi connectivity index (χ2v) is 4.94. The zero-order chi connectivity index (χ0) is 14.7. The summed E-state index contributed by atoms with van der Waals surface area (Å²) in [7, 11) is 0. The minimum absolute atomic E-state index is 0.147. The number of benzene rings is 1. The average molecular weight is 293 g/mol. The first kappa shape index (κ1) is 14.4. The summed E-state index contributed by atoms with van der Waals surface area (Å²) in [6.07, 6.45) is 4.27. The van der Waals surface area contributed by atoms with Crippen molar-refractivity contribution < 1.29 is 4.79 Å². The number of nitrogens with zero attached hydrogens (tertiary/aromatic N) is 2. The zero-order valence-corrected chi connectivity index (χ0v) is 12.2. The van der Waals surface area contributed by atoms with Crippen molar-refractivity contribution in [3.63, 3.8) is 0 Å². The van der Waals surface area contributed by atoms with Crippen LogP contribution in [0.4, 0.5) is 11.4 Å². The van der Waals surface area contributed by atoms with E-state index in [4.69, 9.17) is 17.3 Å². The number of carbonyl (C=O) groups excluding carboxylic acids is 1. The normalized spacial score (nSPS) is 12.2. The molecule has 6 heteroatoms. The zero-order valence-electron chi connectivity index (χ0n) is 11.4. The number of nitrogens with one attached hydrogen (secondary N) is 1. The molecule has 106 valence electrons. The molecular weight excluding hydrogens is 276 g/mol. The van der Waals surface area contributed by atoms with Crippen LogP contribution in [0.25, 0.3) is 0 Å². The molecule has 0 saturated heterocycles. The maximum atomic E-state index is 12.3. The average Bonchev–Trinajstić information content (AvgIpc) is 2.89. The molecule has 1 atom stereocenters. The van der Waals surface area contributed by atoms with Crippen LogP contribution in [0.5, 0.6) is 0 Å². The lowest BCUT2D eigenvalue weighted by atomic mass is 10.2. The van der Waals surface area contributed by atoms with Crippen LogP contribution in [0.2, 0.25) is 5.02 Å². The van der Waals surface area contributed by atoms with Gasteiger partial charge in [0.15, 0.2) is 0 Å². The Balaban J connectivity index is 2.15. The second kappa shape index (κ2) is 5.96. The van der Waals surface area contributed by atoms with Crippen LogP contribution in [-0.4, -0.2) is 15.5 Å². The largest absolute Gasteiger partial charge is 0.397 e. The standard InChI is InChI=1S/C14H17ClN4O/c1-3-13-17-6-7-19(13)9(2)14(20)18-12-5-4-10(15)8-11(12)16/h4-9H,3,16H2,1-2H3,(H,18,20). The highest BCUT2D eigenvalue weighted by molar-refractivity contribution is 6.31. The summed E-state index contributed by atoms with van der Waals surface area (Å²) in [5.41, 5.74) is 6.83. The van der Waals surface area contributed by atoms with Gasteiger partial charge in [0.05, 0.1) is 11.4 Å². The Labute approximate surface area is 122 Å². The maximum absolute atomic E-state index is 12.3. The SMILES string of the molecule is CCc1nccn1C(C)C(=O)Nc1ccc(Cl)cc1N. The molecule has 0 saturated carbocycles. The van der Waals surface area contributed by atoms with Gasteiger partial charge in [0.25, 0.3) is 0 Å². The summed E-state index contributed by atoms with van der Waals surface area (Å²) >= 11 is 5.83. The van der Waals surface area contributed by atoms with Crippen LogP contribution in [0.1, 0.15) is 25.7 Å². The molecule has 1 aromatic carbocycles. The van der Waals surface area contributed by atoms with Gasteiger partial charge < -0.3 is 15.6 Å². The summed E-state index contributed by atoms with van der Waals surface area (Å²) in [6, 6.07) is 4.63. The number of nitrogen functional groups attached to an aromatic ring is 1. The van der Waals surface area contributed by atoms with Gasteiger partial charge in [0.2, 0.25) is 5.91 Å². The van der Waals surface area contributed by atoms with E-state index in [1.54, 1.807) is 30.6 Å². The highest BCUT2D eigenvalue weighted by atomic mass is 35.5. The molecule has 0 radical (unpaired) electrons. The highest BCUT2D eigenvalue weighted by Crippen LogP contribution is 2.23. The van der Waals surface area contributed by atoms with Crippen LogP contribution in [0, 0.1) is 0 Å². The van der Waals surface area contributed by atoms with Crippen LogP contribution in [-0.2, 0) is 11.2 Å². The lowest BCUT2D eigenvalue weighted by Gasteiger charge is -2.16. The van der Waals surface area contributed by atoms with Gasteiger partial charge in [-0.1, -0.05) is 18.5 Å². The van der Waals surface area contributed by atoms with E-state index in [1.165, 1.54) is 0 Å². The summed E-state index contributed by atoms with van der Waals surface area (Å²) in [5.74, 6) is 0.725. The van der Waals surface area contributed by atoms with Gasteiger partial charge in [-0.15, -0.1) is 0 Å². The van der Waals surface area contributed by atoms with Crippen molar-refractivity contribution in [3.8, 4) is 0 Å². The summed E-state index contributed by atoms with van der Waals surface area (Å²) in [4.78, 5) is 16.5. The number of aromatic nitrogens is 2. The van der Waals surface area contributed by atoms with Gasteiger partial charge >= 0.3 is 0 Å². The van der Waals surface area contributed by atoms with Crippen molar-refractivity contribution in [1.29, 1.82) is 0 Å². The summed E-state index contributed by atoms with van der Waals surface area (Å²) in [5, 5.41) is 3.34. The van der Waals surface area contributed by atoms with E-state index in [1.807, 2.05) is 18.4 Å². The van der Waals surface area contributed by atoms with Gasteiger partial charge in [-0.05, 0) is 25.1 Å². The predicted octanol–water partition coefficient (Wildman–Crippen LogP) is 2.88. The number of hydrogen-bond acceptors (Lipinski definition) is 3. The predicted molar refractivity (Wildman–Crippen MR) is 80.8 cm³/mol. The van der Waals surface area contributed by atoms with Crippen LogP contribution in [0.3, 0.4) is 0 Å². The summed E-state index contributed by atoms with van der Waals surface area (Å²) in [6.45, 7) is 3.82. The van der Waals surface area contributed by atoms with E-state index in [2.05, 4.69) is 10.3 Å². The van der Waals surface area contributed by atoms with Crippen LogP contribution in [0.15, 0.2) is 30.6 Å². The molecule has 0 fully saturated rings. The first-order chi connectivity index (χ1) is 9.52. The van der Waals surface area contributed by atoms with E-state index in [-0.39, 0.29) is 11.9 Å². The lowest BCUT2D eigenvalue weighted by Crippen LogP contribution is -2.25. The molecule has 0 aliphatic rings. The third kappa shape index (κ3) is 2.93. The topological polar surface area (TPSA) is 72.9 Å². The number of aryl methyl sites for hydroxylation is 1. The van der Waals surface area contributed by atoms with E-state index in [9.17, 15) is 4.79 Å². The van der Waals surface area contributed by atoms with E-state index < -0.39 is 0 Å². The number of hydrogen-bond donors (Lipinski definition) is 2. The molecule has 3 N–H and O–H groups in total. The lowest BCUT2D eigenvalue weighted by molar-refractivity contribution is -0.118. The molecule has 1 unspecified atom stereocenters. The van der Waals surface area contributed by atoms with E-state index in [0.717, 1.165) is 12.2 Å². The number of imidazole rings is 1. The second-order valence-electron chi connectivity index (χ2n) is 4.50. The molecule has 0 aliphatic carbocycles. The molecule has 2 rings (SSSR count). The molecule has 2 aromatic rings. The Morgan fingerprint density at radius 2 is 2.30 bits per heavy atom. The van der Waals surface area contributed by atoms with Crippen molar-refractivity contribution in [3.05, 3.63) is 41.4 Å². The van der Waals surface area contributed by atoms with Crippen molar-refractivity contribution in [2.24, 2.45) is 0 Å². The van der Waals surface area contributed by atoms with Crippen molar-refractivity contribution in [1.82, 2.24) is 9.55 Å². The molecule has 0 aliphatic heterocycles. The van der Waals surface area contributed by atoms with Crippen molar-refractivity contribution >= 4 is 28.9 Å². The van der Waals surface area contributed by atoms with Crippen LogP contribution < -0.4 is 11.1 Å². The Hall–Kier alpha value is -2.01. The third-order valence-corrected chi connectivity index (χ3v) is 3.37. The Bertz CT molecular complexity index is 623. The molecule has 1 heterocycles. The Kier molecular flexibility index (Phi) is 4.29. The third-order valence-electron chi connectivity index (χ3n) is 3.13. The number of amides is 1. The minimum Gasteiger partial charge on any atom is -0.397 e. The van der Waals surface area contributed by atoms with Gasteiger partial charge in [0, 0.05) is 23.8 Å². The Morgan fingerprint density at radius 1 is 1.55 bits per heavy atom. The quantitative estimate of drug-likeness (QED) is 0.851. The van der Waals surface area contributed by atoms with Gasteiger partial charge in [0.1, 0.15) is 11.9 Å². The van der Waals surface area contributed by atoms with E-state index >= 15 is 0 Å². The first-order valence-corrected chi connectivity index (χ1v) is 6.78. The van der Waals surface area contributed by atoms with Crippen LogP contribution >= 0.6 is 11.6 Å². The first-order valence-electron chi connectivity index (χ1n) is 6.40.